The van der Waals surface area contributed by atoms with Crippen molar-refractivity contribution >= 4 is 11.9 Å². The highest BCUT2D eigenvalue weighted by Gasteiger charge is 2.12. The van der Waals surface area contributed by atoms with Crippen LogP contribution in [0, 0.1) is 0 Å². The molecule has 3 rings (SSSR count). The Hall–Kier alpha value is -3.41. The fraction of sp³-hybridized carbons (Fsp3) is 0.150. The van der Waals surface area contributed by atoms with Crippen LogP contribution in [-0.2, 0) is 27.3 Å². The number of oxazole rings is 1. The summed E-state index contributed by atoms with van der Waals surface area (Å²) >= 11 is 0. The summed E-state index contributed by atoms with van der Waals surface area (Å²) in [4.78, 5) is 27.6. The normalized spacial score (nSPS) is 10.3. The van der Waals surface area contributed by atoms with E-state index in [2.05, 4.69) is 9.72 Å². The van der Waals surface area contributed by atoms with Gasteiger partial charge in [-0.1, -0.05) is 30.3 Å². The molecule has 0 saturated heterocycles. The molecule has 6 nitrogen and oxygen atoms in total. The first-order valence-electron chi connectivity index (χ1n) is 7.98. The highest BCUT2D eigenvalue weighted by atomic mass is 16.5. The SMILES string of the molecule is COC(=O)c1ccc(COC(=O)Cc2coc(-c3ccccc3)n2)cc1. The molecular formula is C20H17NO5. The van der Waals surface area contributed by atoms with Gasteiger partial charge in [-0.3, -0.25) is 4.79 Å². The Labute approximate surface area is 150 Å². The van der Waals surface area contributed by atoms with E-state index >= 15 is 0 Å². The van der Waals surface area contributed by atoms with Gasteiger partial charge in [-0.25, -0.2) is 9.78 Å². The second kappa shape index (κ2) is 8.11. The van der Waals surface area contributed by atoms with Crippen LogP contribution in [0.25, 0.3) is 11.5 Å². The van der Waals surface area contributed by atoms with E-state index in [1.54, 1.807) is 24.3 Å². The Kier molecular flexibility index (Phi) is 5.43. The van der Waals surface area contributed by atoms with Crippen molar-refractivity contribution in [3.63, 3.8) is 0 Å². The molecule has 132 valence electrons. The van der Waals surface area contributed by atoms with Gasteiger partial charge in [0.05, 0.1) is 24.8 Å². The van der Waals surface area contributed by atoms with Crippen molar-refractivity contribution in [2.45, 2.75) is 13.0 Å². The van der Waals surface area contributed by atoms with E-state index in [9.17, 15) is 9.59 Å². The van der Waals surface area contributed by atoms with Crippen molar-refractivity contribution < 1.29 is 23.5 Å². The maximum absolute atomic E-state index is 12.0. The highest BCUT2D eigenvalue weighted by molar-refractivity contribution is 5.89. The van der Waals surface area contributed by atoms with Crippen LogP contribution < -0.4 is 0 Å². The summed E-state index contributed by atoms with van der Waals surface area (Å²) in [5.41, 5.74) is 2.57. The third-order valence-electron chi connectivity index (χ3n) is 3.67. The third kappa shape index (κ3) is 4.36. The summed E-state index contributed by atoms with van der Waals surface area (Å²) in [6.45, 7) is 0.115. The molecule has 3 aromatic rings. The number of benzene rings is 2. The number of rotatable bonds is 6. The lowest BCUT2D eigenvalue weighted by atomic mass is 10.1. The van der Waals surface area contributed by atoms with Crippen LogP contribution in [0.15, 0.2) is 65.3 Å². The lowest BCUT2D eigenvalue weighted by Gasteiger charge is -2.05. The molecule has 0 aliphatic carbocycles. The summed E-state index contributed by atoms with van der Waals surface area (Å²) in [7, 11) is 1.32. The molecule has 0 saturated carbocycles. The Morgan fingerprint density at radius 3 is 2.46 bits per heavy atom. The first-order valence-corrected chi connectivity index (χ1v) is 7.98. The topological polar surface area (TPSA) is 78.6 Å². The fourth-order valence-corrected chi connectivity index (χ4v) is 2.32. The van der Waals surface area contributed by atoms with E-state index in [4.69, 9.17) is 9.15 Å². The van der Waals surface area contributed by atoms with Gasteiger partial charge in [-0.05, 0) is 29.8 Å². The van der Waals surface area contributed by atoms with Crippen molar-refractivity contribution in [1.82, 2.24) is 4.98 Å². The molecular weight excluding hydrogens is 334 g/mol. The lowest BCUT2D eigenvalue weighted by Crippen LogP contribution is -2.08. The maximum atomic E-state index is 12.0. The minimum Gasteiger partial charge on any atom is -0.465 e. The number of aromatic nitrogens is 1. The number of ether oxygens (including phenoxy) is 2. The number of hydrogen-bond acceptors (Lipinski definition) is 6. The second-order valence-electron chi connectivity index (χ2n) is 5.54. The van der Waals surface area contributed by atoms with E-state index < -0.39 is 11.9 Å². The molecule has 0 atom stereocenters. The molecule has 0 aliphatic heterocycles. The summed E-state index contributed by atoms with van der Waals surface area (Å²) in [5.74, 6) is -0.351. The zero-order chi connectivity index (χ0) is 18.4. The number of methoxy groups -OCH3 is 1. The van der Waals surface area contributed by atoms with E-state index in [1.165, 1.54) is 13.4 Å². The average Bonchev–Trinajstić information content (AvgIpc) is 3.15. The molecule has 26 heavy (non-hydrogen) atoms. The quantitative estimate of drug-likeness (QED) is 0.633. The van der Waals surface area contributed by atoms with Gasteiger partial charge in [0.2, 0.25) is 5.89 Å². The van der Waals surface area contributed by atoms with Gasteiger partial charge in [0.25, 0.3) is 0 Å². The smallest absolute Gasteiger partial charge is 0.337 e. The molecule has 6 heteroatoms. The van der Waals surface area contributed by atoms with Gasteiger partial charge in [-0.2, -0.15) is 0 Å². The van der Waals surface area contributed by atoms with Crippen LogP contribution in [0.2, 0.25) is 0 Å². The molecule has 0 bridgehead atoms. The fourth-order valence-electron chi connectivity index (χ4n) is 2.32. The molecule has 0 radical (unpaired) electrons. The molecule has 0 spiro atoms. The summed E-state index contributed by atoms with van der Waals surface area (Å²) < 4.78 is 15.3. The van der Waals surface area contributed by atoms with Gasteiger partial charge in [0.15, 0.2) is 0 Å². The first kappa shape index (κ1) is 17.4. The van der Waals surface area contributed by atoms with Crippen LogP contribution in [0.5, 0.6) is 0 Å². The largest absolute Gasteiger partial charge is 0.465 e. The summed E-state index contributed by atoms with van der Waals surface area (Å²) in [6, 6.07) is 16.1. The van der Waals surface area contributed by atoms with E-state index in [0.717, 1.165) is 11.1 Å². The average molecular weight is 351 g/mol. The zero-order valence-electron chi connectivity index (χ0n) is 14.2. The Balaban J connectivity index is 1.53. The van der Waals surface area contributed by atoms with Crippen molar-refractivity contribution in [2.75, 3.05) is 7.11 Å². The van der Waals surface area contributed by atoms with Crippen LogP contribution in [0.4, 0.5) is 0 Å². The molecule has 0 N–H and O–H groups in total. The molecule has 2 aromatic carbocycles. The van der Waals surface area contributed by atoms with Gasteiger partial charge in [0.1, 0.15) is 12.9 Å². The third-order valence-corrected chi connectivity index (χ3v) is 3.67. The zero-order valence-corrected chi connectivity index (χ0v) is 14.2. The number of carbonyl (C=O) groups is 2. The predicted octanol–water partition coefficient (Wildman–Crippen LogP) is 3.41. The Morgan fingerprint density at radius 2 is 1.77 bits per heavy atom. The van der Waals surface area contributed by atoms with Crippen LogP contribution in [0.3, 0.4) is 0 Å². The van der Waals surface area contributed by atoms with Gasteiger partial charge < -0.3 is 13.9 Å². The molecule has 0 unspecified atom stereocenters. The Bertz CT molecular complexity index is 884. The highest BCUT2D eigenvalue weighted by Crippen LogP contribution is 2.18. The maximum Gasteiger partial charge on any atom is 0.337 e. The van der Waals surface area contributed by atoms with Crippen LogP contribution >= 0.6 is 0 Å². The lowest BCUT2D eigenvalue weighted by molar-refractivity contribution is -0.144. The molecule has 1 heterocycles. The van der Waals surface area contributed by atoms with Gasteiger partial charge >= 0.3 is 11.9 Å². The predicted molar refractivity (Wildman–Crippen MR) is 93.2 cm³/mol. The van der Waals surface area contributed by atoms with Crippen LogP contribution in [-0.4, -0.2) is 24.0 Å². The number of carbonyl (C=O) groups excluding carboxylic acids is 2. The number of hydrogen-bond donors (Lipinski definition) is 0. The molecule has 1 aromatic heterocycles. The Morgan fingerprint density at radius 1 is 1.04 bits per heavy atom. The second-order valence-corrected chi connectivity index (χ2v) is 5.54. The first-order chi connectivity index (χ1) is 12.7. The molecule has 0 aliphatic rings. The van der Waals surface area contributed by atoms with Crippen molar-refractivity contribution in [1.29, 1.82) is 0 Å². The minimum absolute atomic E-state index is 0.0244. The number of nitrogens with zero attached hydrogens (tertiary/aromatic N) is 1. The van der Waals surface area contributed by atoms with Crippen molar-refractivity contribution in [3.8, 4) is 11.5 Å². The monoisotopic (exact) mass is 351 g/mol. The van der Waals surface area contributed by atoms with Gasteiger partial charge in [0, 0.05) is 5.56 Å². The van der Waals surface area contributed by atoms with E-state index in [1.807, 2.05) is 30.3 Å². The van der Waals surface area contributed by atoms with Crippen LogP contribution in [0.1, 0.15) is 21.6 Å². The molecule has 0 amide bonds. The summed E-state index contributed by atoms with van der Waals surface area (Å²) in [5, 5.41) is 0. The van der Waals surface area contributed by atoms with Crippen molar-refractivity contribution in [3.05, 3.63) is 77.7 Å². The standard InChI is InChI=1S/C20H17NO5/c1-24-20(23)16-9-7-14(8-10-16)12-25-18(22)11-17-13-26-19(21-17)15-5-3-2-4-6-15/h2-10,13H,11-12H2,1H3. The number of esters is 2. The molecule has 0 fully saturated rings. The van der Waals surface area contributed by atoms with Gasteiger partial charge in [-0.15, -0.1) is 0 Å². The van der Waals surface area contributed by atoms with Crippen molar-refractivity contribution in [2.24, 2.45) is 0 Å². The van der Waals surface area contributed by atoms with E-state index in [-0.39, 0.29) is 13.0 Å². The van der Waals surface area contributed by atoms with E-state index in [0.29, 0.717) is 17.1 Å². The minimum atomic E-state index is -0.409. The summed E-state index contributed by atoms with van der Waals surface area (Å²) in [6.07, 6.45) is 1.48.